The van der Waals surface area contributed by atoms with E-state index in [0.29, 0.717) is 16.5 Å². The molecule has 1 saturated heterocycles. The molecule has 1 atom stereocenters. The molecule has 1 aliphatic rings. The van der Waals surface area contributed by atoms with Gasteiger partial charge in [0.05, 0.1) is 9.90 Å². The first-order chi connectivity index (χ1) is 10.2. The predicted molar refractivity (Wildman–Crippen MR) is 81.3 cm³/mol. The number of aromatic nitrogens is 1. The highest BCUT2D eigenvalue weighted by Crippen LogP contribution is 2.33. The lowest BCUT2D eigenvalue weighted by Gasteiger charge is -2.22. The van der Waals surface area contributed by atoms with E-state index in [-0.39, 0.29) is 12.2 Å². The van der Waals surface area contributed by atoms with Crippen LogP contribution in [0.15, 0.2) is 24.5 Å². The Labute approximate surface area is 131 Å². The zero-order chi connectivity index (χ0) is 14.7. The van der Waals surface area contributed by atoms with Crippen LogP contribution in [0.25, 0.3) is 10.4 Å². The minimum absolute atomic E-state index is 0.301. The molecule has 1 aliphatic heterocycles. The lowest BCUT2D eigenvalue weighted by molar-refractivity contribution is -0.186. The van der Waals surface area contributed by atoms with E-state index < -0.39 is 0 Å². The number of halogens is 1. The van der Waals surface area contributed by atoms with Crippen LogP contribution in [-0.2, 0) is 9.57 Å². The van der Waals surface area contributed by atoms with Crippen molar-refractivity contribution in [2.75, 3.05) is 6.61 Å². The average molecular weight is 327 g/mol. The van der Waals surface area contributed by atoms with Gasteiger partial charge in [0.25, 0.3) is 5.91 Å². The number of hydrogen-bond acceptors (Lipinski definition) is 4. The predicted octanol–water partition coefficient (Wildman–Crippen LogP) is 3.58. The van der Waals surface area contributed by atoms with Gasteiger partial charge < -0.3 is 9.72 Å². The van der Waals surface area contributed by atoms with Gasteiger partial charge >= 0.3 is 0 Å². The molecule has 3 rings (SSSR count). The van der Waals surface area contributed by atoms with Crippen molar-refractivity contribution in [3.63, 3.8) is 0 Å². The van der Waals surface area contributed by atoms with Crippen molar-refractivity contribution in [1.82, 2.24) is 10.5 Å². The minimum atomic E-state index is -0.360. The topological polar surface area (TPSA) is 63.4 Å². The maximum absolute atomic E-state index is 12.2. The van der Waals surface area contributed by atoms with Crippen molar-refractivity contribution >= 4 is 28.8 Å². The van der Waals surface area contributed by atoms with Crippen molar-refractivity contribution < 1.29 is 14.4 Å². The lowest BCUT2D eigenvalue weighted by atomic mass is 10.1. The third-order valence-electron chi connectivity index (χ3n) is 3.25. The standard InChI is InChI=1S/C14H15ClN2O3S/c15-12-5-4-11(21-12)9-7-16-8-10(9)14(18)17-20-13-3-1-2-6-19-13/h4-5,7-8,13,16H,1-3,6H2,(H,17,18)/t13-/m1/s1. The van der Waals surface area contributed by atoms with Gasteiger partial charge in [-0.15, -0.1) is 11.3 Å². The summed E-state index contributed by atoms with van der Waals surface area (Å²) in [6.07, 6.45) is 5.93. The summed E-state index contributed by atoms with van der Waals surface area (Å²) >= 11 is 7.36. The Morgan fingerprint density at radius 1 is 1.43 bits per heavy atom. The molecule has 2 aromatic rings. The molecule has 0 bridgehead atoms. The summed E-state index contributed by atoms with van der Waals surface area (Å²) in [6.45, 7) is 0.670. The van der Waals surface area contributed by atoms with Crippen LogP contribution in [0, 0.1) is 0 Å². The summed E-state index contributed by atoms with van der Waals surface area (Å²) < 4.78 is 6.09. The quantitative estimate of drug-likeness (QED) is 0.844. The molecule has 0 unspecified atom stereocenters. The number of nitrogens with one attached hydrogen (secondary N) is 2. The Hall–Kier alpha value is -1.34. The number of carbonyl (C=O) groups is 1. The molecule has 1 fully saturated rings. The van der Waals surface area contributed by atoms with Crippen molar-refractivity contribution in [2.45, 2.75) is 25.6 Å². The van der Waals surface area contributed by atoms with Crippen LogP contribution < -0.4 is 5.48 Å². The number of hydroxylamine groups is 1. The first-order valence-electron chi connectivity index (χ1n) is 6.74. The number of amides is 1. The van der Waals surface area contributed by atoms with E-state index >= 15 is 0 Å². The number of aromatic amines is 1. The Morgan fingerprint density at radius 3 is 3.05 bits per heavy atom. The van der Waals surface area contributed by atoms with Crippen LogP contribution in [0.5, 0.6) is 0 Å². The van der Waals surface area contributed by atoms with Crippen LogP contribution in [0.1, 0.15) is 29.6 Å². The van der Waals surface area contributed by atoms with Crippen LogP contribution in [0.4, 0.5) is 0 Å². The van der Waals surface area contributed by atoms with Crippen LogP contribution in [-0.4, -0.2) is 23.8 Å². The van der Waals surface area contributed by atoms with Gasteiger partial charge in [-0.25, -0.2) is 10.3 Å². The summed E-state index contributed by atoms with van der Waals surface area (Å²) in [4.78, 5) is 21.4. The third kappa shape index (κ3) is 3.47. The fourth-order valence-electron chi connectivity index (χ4n) is 2.19. The summed E-state index contributed by atoms with van der Waals surface area (Å²) in [5, 5.41) is 0. The van der Waals surface area contributed by atoms with Gasteiger partial charge in [-0.3, -0.25) is 4.79 Å². The molecule has 0 radical (unpaired) electrons. The fraction of sp³-hybridized carbons (Fsp3) is 0.357. The summed E-state index contributed by atoms with van der Waals surface area (Å²) in [5.74, 6) is -0.301. The Bertz CT molecular complexity index is 619. The molecule has 0 spiro atoms. The summed E-state index contributed by atoms with van der Waals surface area (Å²) in [5.41, 5.74) is 3.78. The number of carbonyl (C=O) groups excluding carboxylic acids is 1. The SMILES string of the molecule is O=C(NO[C@@H]1CCCCO1)c1c[nH]cc1-c1ccc(Cl)s1. The second-order valence-corrected chi connectivity index (χ2v) is 6.45. The first-order valence-corrected chi connectivity index (χ1v) is 7.93. The van der Waals surface area contributed by atoms with Crippen LogP contribution in [0.2, 0.25) is 4.34 Å². The van der Waals surface area contributed by atoms with E-state index in [1.807, 2.05) is 12.1 Å². The highest BCUT2D eigenvalue weighted by molar-refractivity contribution is 7.19. The maximum atomic E-state index is 12.2. The largest absolute Gasteiger partial charge is 0.366 e. The van der Waals surface area contributed by atoms with E-state index in [2.05, 4.69) is 10.5 Å². The van der Waals surface area contributed by atoms with Crippen molar-refractivity contribution in [2.24, 2.45) is 0 Å². The Balaban J connectivity index is 1.66. The molecular weight excluding hydrogens is 312 g/mol. The van der Waals surface area contributed by atoms with Crippen LogP contribution >= 0.6 is 22.9 Å². The molecule has 3 heterocycles. The van der Waals surface area contributed by atoms with E-state index in [1.165, 1.54) is 11.3 Å². The Morgan fingerprint density at radius 2 is 2.33 bits per heavy atom. The number of thiophene rings is 1. The minimum Gasteiger partial charge on any atom is -0.366 e. The first kappa shape index (κ1) is 14.6. The molecule has 7 heteroatoms. The summed E-state index contributed by atoms with van der Waals surface area (Å²) in [6, 6.07) is 3.70. The number of rotatable bonds is 4. The van der Waals surface area contributed by atoms with Gasteiger partial charge in [0.1, 0.15) is 0 Å². The van der Waals surface area contributed by atoms with E-state index in [1.54, 1.807) is 12.4 Å². The zero-order valence-corrected chi connectivity index (χ0v) is 12.8. The van der Waals surface area contributed by atoms with Gasteiger partial charge in [-0.1, -0.05) is 11.6 Å². The number of hydrogen-bond donors (Lipinski definition) is 2. The molecule has 1 amide bonds. The second-order valence-electron chi connectivity index (χ2n) is 4.73. The molecule has 0 aliphatic carbocycles. The highest BCUT2D eigenvalue weighted by atomic mass is 35.5. The van der Waals surface area contributed by atoms with Crippen molar-refractivity contribution in [1.29, 1.82) is 0 Å². The van der Waals surface area contributed by atoms with Gasteiger partial charge in [-0.2, -0.15) is 0 Å². The van der Waals surface area contributed by atoms with Gasteiger partial charge in [-0.05, 0) is 25.0 Å². The van der Waals surface area contributed by atoms with E-state index in [4.69, 9.17) is 21.2 Å². The molecular formula is C14H15ClN2O3S. The molecule has 2 N–H and O–H groups in total. The van der Waals surface area contributed by atoms with E-state index in [9.17, 15) is 4.79 Å². The molecule has 0 saturated carbocycles. The monoisotopic (exact) mass is 326 g/mol. The molecule has 112 valence electrons. The maximum Gasteiger partial charge on any atom is 0.277 e. The number of H-pyrrole nitrogens is 1. The average Bonchev–Trinajstić information content (AvgIpc) is 3.14. The number of ether oxygens (including phenoxy) is 1. The molecule has 0 aromatic carbocycles. The van der Waals surface area contributed by atoms with Crippen molar-refractivity contribution in [3.05, 3.63) is 34.4 Å². The third-order valence-corrected chi connectivity index (χ3v) is 4.51. The van der Waals surface area contributed by atoms with E-state index in [0.717, 1.165) is 29.7 Å². The molecule has 2 aromatic heterocycles. The van der Waals surface area contributed by atoms with Gasteiger partial charge in [0.15, 0.2) is 6.29 Å². The van der Waals surface area contributed by atoms with Crippen molar-refractivity contribution in [3.8, 4) is 10.4 Å². The van der Waals surface area contributed by atoms with Crippen LogP contribution in [0.3, 0.4) is 0 Å². The van der Waals surface area contributed by atoms with Gasteiger partial charge in [0, 0.05) is 35.9 Å². The van der Waals surface area contributed by atoms with Gasteiger partial charge in [0.2, 0.25) is 0 Å². The lowest BCUT2D eigenvalue weighted by Crippen LogP contribution is -2.33. The second kappa shape index (κ2) is 6.62. The molecule has 21 heavy (non-hydrogen) atoms. The fourth-order valence-corrected chi connectivity index (χ4v) is 3.27. The smallest absolute Gasteiger partial charge is 0.277 e. The normalized spacial score (nSPS) is 18.6. The Kier molecular flexibility index (Phi) is 4.60. The summed E-state index contributed by atoms with van der Waals surface area (Å²) in [7, 11) is 0. The highest BCUT2D eigenvalue weighted by Gasteiger charge is 2.19. The molecule has 5 nitrogen and oxygen atoms in total. The zero-order valence-electron chi connectivity index (χ0n) is 11.2.